The second-order valence-electron chi connectivity index (χ2n) is 3.86. The Balaban J connectivity index is 2.12. The minimum atomic E-state index is -0.910. The van der Waals surface area contributed by atoms with Crippen molar-refractivity contribution < 1.29 is 14.6 Å². The molecule has 0 aliphatic carbocycles. The summed E-state index contributed by atoms with van der Waals surface area (Å²) < 4.78 is 6.43. The maximum atomic E-state index is 10.9. The predicted octanol–water partition coefficient (Wildman–Crippen LogP) is 4.75. The third kappa shape index (κ3) is 3.49. The van der Waals surface area contributed by atoms with Gasteiger partial charge < -0.3 is 9.84 Å². The average molecular weight is 362 g/mol. The lowest BCUT2D eigenvalue weighted by molar-refractivity contribution is 0.0702. The fourth-order valence-electron chi connectivity index (χ4n) is 1.52. The molecule has 0 atom stereocenters. The fraction of sp³-hybridized carbons (Fsp3) is 0.154. The number of carboxylic acid groups (broad SMARTS) is 1. The molecule has 19 heavy (non-hydrogen) atoms. The van der Waals surface area contributed by atoms with Crippen molar-refractivity contribution in [3.05, 3.63) is 49.1 Å². The van der Waals surface area contributed by atoms with Crippen LogP contribution >= 0.6 is 38.9 Å². The van der Waals surface area contributed by atoms with E-state index in [9.17, 15) is 4.79 Å². The first-order valence-corrected chi connectivity index (χ1v) is 7.36. The third-order valence-electron chi connectivity index (χ3n) is 2.51. The summed E-state index contributed by atoms with van der Waals surface area (Å²) in [5, 5.41) is 9.55. The molecule has 0 fully saturated rings. The Hall–Kier alpha value is -1.04. The van der Waals surface area contributed by atoms with Gasteiger partial charge in [-0.3, -0.25) is 0 Å². The number of carbonyl (C=O) groups is 1. The molecule has 0 saturated carbocycles. The number of aromatic carboxylic acids is 1. The molecule has 0 aliphatic rings. The molecule has 6 heteroatoms. The highest BCUT2D eigenvalue weighted by Crippen LogP contribution is 2.30. The number of rotatable bonds is 4. The van der Waals surface area contributed by atoms with E-state index in [1.165, 1.54) is 11.3 Å². The summed E-state index contributed by atoms with van der Waals surface area (Å²) in [5.41, 5.74) is 0.879. The fourth-order valence-corrected chi connectivity index (χ4v) is 3.18. The Morgan fingerprint density at radius 2 is 2.21 bits per heavy atom. The zero-order valence-electron chi connectivity index (χ0n) is 9.94. The first kappa shape index (κ1) is 14.4. The van der Waals surface area contributed by atoms with E-state index >= 15 is 0 Å². The van der Waals surface area contributed by atoms with Gasteiger partial charge in [-0.15, -0.1) is 11.3 Å². The van der Waals surface area contributed by atoms with Crippen LogP contribution in [0.2, 0.25) is 5.02 Å². The van der Waals surface area contributed by atoms with E-state index in [0.29, 0.717) is 22.3 Å². The van der Waals surface area contributed by atoms with Gasteiger partial charge in [0, 0.05) is 15.5 Å². The zero-order chi connectivity index (χ0) is 14.0. The molecule has 0 unspecified atom stereocenters. The van der Waals surface area contributed by atoms with E-state index < -0.39 is 5.97 Å². The van der Waals surface area contributed by atoms with Gasteiger partial charge in [0.05, 0.1) is 4.47 Å². The van der Waals surface area contributed by atoms with Crippen LogP contribution in [0.15, 0.2) is 28.7 Å². The van der Waals surface area contributed by atoms with Gasteiger partial charge in [0.15, 0.2) is 0 Å². The molecule has 1 N–H and O–H groups in total. The van der Waals surface area contributed by atoms with Crippen LogP contribution in [0.1, 0.15) is 20.1 Å². The lowest BCUT2D eigenvalue weighted by Gasteiger charge is -2.08. The summed E-state index contributed by atoms with van der Waals surface area (Å²) in [7, 11) is 0. The average Bonchev–Trinajstić information content (AvgIpc) is 2.70. The SMILES string of the molecule is Cc1sc(C(=O)O)cc1COc1ccc(Cl)cc1Br. The van der Waals surface area contributed by atoms with Gasteiger partial charge in [0.2, 0.25) is 0 Å². The number of hydrogen-bond donors (Lipinski definition) is 1. The minimum absolute atomic E-state index is 0.325. The molecule has 100 valence electrons. The van der Waals surface area contributed by atoms with Crippen LogP contribution in [0.4, 0.5) is 0 Å². The van der Waals surface area contributed by atoms with Crippen LogP contribution in [-0.2, 0) is 6.61 Å². The number of aryl methyl sites for hydroxylation is 1. The van der Waals surface area contributed by atoms with Crippen LogP contribution in [0.3, 0.4) is 0 Å². The number of thiophene rings is 1. The smallest absolute Gasteiger partial charge is 0.345 e. The van der Waals surface area contributed by atoms with Crippen LogP contribution in [-0.4, -0.2) is 11.1 Å². The second-order valence-corrected chi connectivity index (χ2v) is 6.41. The molecule has 2 aromatic rings. The Bertz CT molecular complexity index is 624. The zero-order valence-corrected chi connectivity index (χ0v) is 13.1. The van der Waals surface area contributed by atoms with Gasteiger partial charge in [0.25, 0.3) is 0 Å². The molecular weight excluding hydrogens is 352 g/mol. The molecule has 0 aliphatic heterocycles. The minimum Gasteiger partial charge on any atom is -0.488 e. The molecule has 0 bridgehead atoms. The third-order valence-corrected chi connectivity index (χ3v) is 4.44. The van der Waals surface area contributed by atoms with Crippen molar-refractivity contribution >= 4 is 44.8 Å². The standard InChI is InChI=1S/C13H10BrClO3S/c1-7-8(4-12(19-7)13(16)17)6-18-11-3-2-9(15)5-10(11)14/h2-5H,6H2,1H3,(H,16,17). The quantitative estimate of drug-likeness (QED) is 0.855. The summed E-state index contributed by atoms with van der Waals surface area (Å²) in [4.78, 5) is 12.2. The largest absolute Gasteiger partial charge is 0.488 e. The summed E-state index contributed by atoms with van der Waals surface area (Å²) in [6, 6.07) is 6.91. The lowest BCUT2D eigenvalue weighted by Crippen LogP contribution is -1.96. The van der Waals surface area contributed by atoms with E-state index in [4.69, 9.17) is 21.4 Å². The lowest BCUT2D eigenvalue weighted by atomic mass is 10.2. The summed E-state index contributed by atoms with van der Waals surface area (Å²) in [6.07, 6.45) is 0. The van der Waals surface area contributed by atoms with Crippen LogP contribution in [0.5, 0.6) is 5.75 Å². The van der Waals surface area contributed by atoms with E-state index in [-0.39, 0.29) is 0 Å². The number of halogens is 2. The topological polar surface area (TPSA) is 46.5 Å². The normalized spacial score (nSPS) is 10.5. The van der Waals surface area contributed by atoms with Gasteiger partial charge in [-0.1, -0.05) is 11.6 Å². The molecule has 2 rings (SSSR count). The monoisotopic (exact) mass is 360 g/mol. The molecule has 1 aromatic carbocycles. The molecular formula is C13H10BrClO3S. The highest BCUT2D eigenvalue weighted by Gasteiger charge is 2.12. The van der Waals surface area contributed by atoms with Gasteiger partial charge in [0.1, 0.15) is 17.2 Å². The van der Waals surface area contributed by atoms with E-state index in [1.54, 1.807) is 24.3 Å². The summed E-state index contributed by atoms with van der Waals surface area (Å²) in [5.74, 6) is -0.237. The maximum Gasteiger partial charge on any atom is 0.345 e. The Kier molecular flexibility index (Phi) is 4.50. The molecule has 1 heterocycles. The number of hydrogen-bond acceptors (Lipinski definition) is 3. The van der Waals surface area contributed by atoms with Gasteiger partial charge in [-0.2, -0.15) is 0 Å². The van der Waals surface area contributed by atoms with Crippen LogP contribution < -0.4 is 4.74 Å². The molecule has 0 spiro atoms. The Morgan fingerprint density at radius 3 is 2.79 bits per heavy atom. The first-order valence-electron chi connectivity index (χ1n) is 5.38. The van der Waals surface area contributed by atoms with Crippen molar-refractivity contribution in [2.45, 2.75) is 13.5 Å². The predicted molar refractivity (Wildman–Crippen MR) is 79.5 cm³/mol. The molecule has 0 saturated heterocycles. The van der Waals surface area contributed by atoms with Crippen molar-refractivity contribution in [1.82, 2.24) is 0 Å². The molecule has 0 amide bonds. The van der Waals surface area contributed by atoms with E-state index in [2.05, 4.69) is 15.9 Å². The molecule has 0 radical (unpaired) electrons. The summed E-state index contributed by atoms with van der Waals surface area (Å²) in [6.45, 7) is 2.21. The number of carboxylic acids is 1. The first-order chi connectivity index (χ1) is 8.97. The maximum absolute atomic E-state index is 10.9. The van der Waals surface area contributed by atoms with Crippen LogP contribution in [0.25, 0.3) is 0 Å². The van der Waals surface area contributed by atoms with E-state index in [1.807, 2.05) is 6.92 Å². The highest BCUT2D eigenvalue weighted by atomic mass is 79.9. The Labute approximate surface area is 127 Å². The van der Waals surface area contributed by atoms with Gasteiger partial charge in [-0.05, 0) is 47.1 Å². The number of benzene rings is 1. The van der Waals surface area contributed by atoms with E-state index in [0.717, 1.165) is 14.9 Å². The molecule has 3 nitrogen and oxygen atoms in total. The van der Waals surface area contributed by atoms with Crippen molar-refractivity contribution in [3.63, 3.8) is 0 Å². The van der Waals surface area contributed by atoms with Crippen LogP contribution in [0, 0.1) is 6.92 Å². The van der Waals surface area contributed by atoms with Crippen molar-refractivity contribution in [2.75, 3.05) is 0 Å². The number of ether oxygens (including phenoxy) is 1. The van der Waals surface area contributed by atoms with Crippen molar-refractivity contribution in [2.24, 2.45) is 0 Å². The van der Waals surface area contributed by atoms with Gasteiger partial charge in [-0.25, -0.2) is 4.79 Å². The summed E-state index contributed by atoms with van der Waals surface area (Å²) >= 11 is 10.5. The highest BCUT2D eigenvalue weighted by molar-refractivity contribution is 9.10. The van der Waals surface area contributed by atoms with Crippen molar-refractivity contribution in [1.29, 1.82) is 0 Å². The van der Waals surface area contributed by atoms with Crippen molar-refractivity contribution in [3.8, 4) is 5.75 Å². The molecule has 1 aromatic heterocycles. The van der Waals surface area contributed by atoms with Gasteiger partial charge >= 0.3 is 5.97 Å². The second kappa shape index (κ2) is 5.94. The Morgan fingerprint density at radius 1 is 1.47 bits per heavy atom.